The van der Waals surface area contributed by atoms with E-state index in [4.69, 9.17) is 10.5 Å². The van der Waals surface area contributed by atoms with Crippen LogP contribution in [0.5, 0.6) is 5.75 Å². The van der Waals surface area contributed by atoms with Crippen molar-refractivity contribution in [1.82, 2.24) is 25.0 Å². The van der Waals surface area contributed by atoms with Gasteiger partial charge >= 0.3 is 0 Å². The first-order valence-corrected chi connectivity index (χ1v) is 9.72. The van der Waals surface area contributed by atoms with E-state index < -0.39 is 0 Å². The highest BCUT2D eigenvalue weighted by molar-refractivity contribution is 5.77. The monoisotopic (exact) mass is 395 g/mol. The van der Waals surface area contributed by atoms with Gasteiger partial charge in [0, 0.05) is 12.0 Å². The number of carbonyl (C=O) groups excluding carboxylic acids is 1. The third kappa shape index (κ3) is 4.28. The van der Waals surface area contributed by atoms with Crippen LogP contribution in [0, 0.1) is 5.92 Å². The van der Waals surface area contributed by atoms with Crippen molar-refractivity contribution in [2.24, 2.45) is 11.7 Å². The Balaban J connectivity index is 1.55. The number of ether oxygens (including phenoxy) is 1. The van der Waals surface area contributed by atoms with Crippen molar-refractivity contribution < 1.29 is 9.53 Å². The molecule has 1 aliphatic rings. The average Bonchev–Trinajstić information content (AvgIpc) is 3.28. The first-order valence-electron chi connectivity index (χ1n) is 9.72. The second kappa shape index (κ2) is 7.31. The number of carbonyl (C=O) groups is 1. The molecule has 1 saturated carbocycles. The highest BCUT2D eigenvalue weighted by Gasteiger charge is 2.28. The Hall–Kier alpha value is -3.23. The zero-order valence-electron chi connectivity index (χ0n) is 16.8. The van der Waals surface area contributed by atoms with E-state index in [9.17, 15) is 4.79 Å². The van der Waals surface area contributed by atoms with Crippen LogP contribution in [-0.4, -0.2) is 42.5 Å². The van der Waals surface area contributed by atoms with Gasteiger partial charge in [-0.25, -0.2) is 4.98 Å². The van der Waals surface area contributed by atoms with E-state index in [1.54, 1.807) is 10.9 Å². The lowest BCUT2D eigenvalue weighted by atomic mass is 10.1. The molecule has 9 heteroatoms. The van der Waals surface area contributed by atoms with Gasteiger partial charge in [-0.3, -0.25) is 4.79 Å². The van der Waals surface area contributed by atoms with E-state index >= 15 is 0 Å². The van der Waals surface area contributed by atoms with Crippen LogP contribution in [0.2, 0.25) is 0 Å². The Labute approximate surface area is 168 Å². The molecule has 1 aliphatic carbocycles. The number of hydrogen-bond donors (Lipinski definition) is 2. The molecule has 0 saturated heterocycles. The van der Waals surface area contributed by atoms with Crippen molar-refractivity contribution in [1.29, 1.82) is 0 Å². The summed E-state index contributed by atoms with van der Waals surface area (Å²) in [5.41, 5.74) is 7.19. The molecular weight excluding hydrogens is 370 g/mol. The number of hydrogen-bond acceptors (Lipinski definition) is 7. The van der Waals surface area contributed by atoms with Crippen LogP contribution in [0.1, 0.15) is 40.0 Å². The maximum atomic E-state index is 11.4. The van der Waals surface area contributed by atoms with Gasteiger partial charge in [-0.2, -0.15) is 9.67 Å². The lowest BCUT2D eigenvalue weighted by Crippen LogP contribution is -2.23. The molecule has 29 heavy (non-hydrogen) atoms. The predicted molar refractivity (Wildman–Crippen MR) is 109 cm³/mol. The van der Waals surface area contributed by atoms with Gasteiger partial charge < -0.3 is 15.8 Å². The fourth-order valence-electron chi connectivity index (χ4n) is 3.53. The summed E-state index contributed by atoms with van der Waals surface area (Å²) in [5.74, 6) is 0.945. The minimum atomic E-state index is -0.261. The molecule has 0 spiro atoms. The number of rotatable bonds is 5. The molecule has 2 aromatic heterocycles. The van der Waals surface area contributed by atoms with Crippen molar-refractivity contribution in [2.45, 2.75) is 51.7 Å². The summed E-state index contributed by atoms with van der Waals surface area (Å²) in [6.07, 6.45) is 3.99. The number of anilines is 1. The maximum Gasteiger partial charge on any atom is 0.225 e. The summed E-state index contributed by atoms with van der Waals surface area (Å²) in [6, 6.07) is 7.76. The van der Waals surface area contributed by atoms with Crippen LogP contribution in [0.4, 0.5) is 5.95 Å². The van der Waals surface area contributed by atoms with Gasteiger partial charge in [0.15, 0.2) is 11.2 Å². The Bertz CT molecular complexity index is 1020. The quantitative estimate of drug-likeness (QED) is 0.680. The number of primary amides is 1. The van der Waals surface area contributed by atoms with Crippen LogP contribution >= 0.6 is 0 Å². The molecule has 0 aliphatic heterocycles. The van der Waals surface area contributed by atoms with E-state index in [-0.39, 0.29) is 23.5 Å². The highest BCUT2D eigenvalue weighted by atomic mass is 16.5. The van der Waals surface area contributed by atoms with Crippen molar-refractivity contribution in [3.05, 3.63) is 30.5 Å². The Morgan fingerprint density at radius 3 is 2.66 bits per heavy atom. The standard InChI is InChI=1S/C20H25N7O2/c1-20(2,3)29-15-8-6-14(7-9-15)27-18-16(25-26-27)11-22-19(24-18)23-13-5-4-12(10-13)17(21)28/h6-9,11-13H,4-5,10H2,1-3H3,(H2,21,28)(H,22,23,24). The minimum absolute atomic E-state index is 0.0859. The number of nitrogens with one attached hydrogen (secondary N) is 1. The first kappa shape index (κ1) is 19.1. The molecule has 1 amide bonds. The largest absolute Gasteiger partial charge is 0.488 e. The van der Waals surface area contributed by atoms with Gasteiger partial charge in [0.2, 0.25) is 11.9 Å². The fourth-order valence-corrected chi connectivity index (χ4v) is 3.53. The lowest BCUT2D eigenvalue weighted by molar-refractivity contribution is -0.121. The third-order valence-electron chi connectivity index (χ3n) is 4.87. The van der Waals surface area contributed by atoms with Crippen LogP contribution in [0.15, 0.2) is 30.5 Å². The number of benzene rings is 1. The fraction of sp³-hybridized carbons (Fsp3) is 0.450. The number of nitrogens with two attached hydrogens (primary N) is 1. The Morgan fingerprint density at radius 2 is 2.00 bits per heavy atom. The summed E-state index contributed by atoms with van der Waals surface area (Å²) < 4.78 is 7.54. The topological polar surface area (TPSA) is 121 Å². The molecule has 152 valence electrons. The van der Waals surface area contributed by atoms with E-state index in [1.807, 2.05) is 45.0 Å². The van der Waals surface area contributed by atoms with E-state index in [0.717, 1.165) is 24.3 Å². The Kier molecular flexibility index (Phi) is 4.81. The highest BCUT2D eigenvalue weighted by Crippen LogP contribution is 2.27. The van der Waals surface area contributed by atoms with E-state index in [1.165, 1.54) is 0 Å². The molecule has 0 bridgehead atoms. The van der Waals surface area contributed by atoms with E-state index in [2.05, 4.69) is 25.6 Å². The molecule has 2 heterocycles. The van der Waals surface area contributed by atoms with Gasteiger partial charge in [0.1, 0.15) is 11.4 Å². The van der Waals surface area contributed by atoms with Gasteiger partial charge in [-0.1, -0.05) is 5.21 Å². The molecule has 1 fully saturated rings. The van der Waals surface area contributed by atoms with Gasteiger partial charge in [-0.05, 0) is 64.3 Å². The number of nitrogens with zero attached hydrogens (tertiary/aromatic N) is 5. The zero-order valence-corrected chi connectivity index (χ0v) is 16.8. The third-order valence-corrected chi connectivity index (χ3v) is 4.87. The van der Waals surface area contributed by atoms with Crippen LogP contribution in [0.25, 0.3) is 16.9 Å². The van der Waals surface area contributed by atoms with Crippen LogP contribution in [0.3, 0.4) is 0 Å². The lowest BCUT2D eigenvalue weighted by Gasteiger charge is -2.21. The van der Waals surface area contributed by atoms with E-state index in [0.29, 0.717) is 23.5 Å². The second-order valence-electron chi connectivity index (χ2n) is 8.37. The summed E-state index contributed by atoms with van der Waals surface area (Å²) in [5, 5.41) is 11.7. The summed E-state index contributed by atoms with van der Waals surface area (Å²) in [6.45, 7) is 6.02. The number of fused-ring (bicyclic) bond motifs is 1. The molecular formula is C20H25N7O2. The molecule has 4 rings (SSSR count). The molecule has 2 atom stereocenters. The molecule has 0 radical (unpaired) electrons. The first-order chi connectivity index (χ1) is 13.8. The summed E-state index contributed by atoms with van der Waals surface area (Å²) in [7, 11) is 0. The molecule has 3 aromatic rings. The van der Waals surface area contributed by atoms with Gasteiger partial charge in [-0.15, -0.1) is 5.10 Å². The second-order valence-corrected chi connectivity index (χ2v) is 8.37. The summed E-state index contributed by atoms with van der Waals surface area (Å²) >= 11 is 0. The zero-order chi connectivity index (χ0) is 20.6. The molecule has 9 nitrogen and oxygen atoms in total. The molecule has 3 N–H and O–H groups in total. The van der Waals surface area contributed by atoms with Crippen molar-refractivity contribution in [2.75, 3.05) is 5.32 Å². The molecule has 2 unspecified atom stereocenters. The predicted octanol–water partition coefficient (Wildman–Crippen LogP) is 2.45. The Morgan fingerprint density at radius 1 is 1.24 bits per heavy atom. The van der Waals surface area contributed by atoms with Crippen LogP contribution < -0.4 is 15.8 Å². The summed E-state index contributed by atoms with van der Waals surface area (Å²) in [4.78, 5) is 20.3. The normalized spacial score (nSPS) is 19.4. The SMILES string of the molecule is CC(C)(C)Oc1ccc(-n2nnc3cnc(NC4CCC(C(N)=O)C4)nc32)cc1. The van der Waals surface area contributed by atoms with Crippen molar-refractivity contribution in [3.63, 3.8) is 0 Å². The average molecular weight is 395 g/mol. The molecule has 1 aromatic carbocycles. The minimum Gasteiger partial charge on any atom is -0.488 e. The van der Waals surface area contributed by atoms with Crippen molar-refractivity contribution >= 4 is 23.0 Å². The number of amides is 1. The maximum absolute atomic E-state index is 11.4. The van der Waals surface area contributed by atoms with Crippen molar-refractivity contribution in [3.8, 4) is 11.4 Å². The number of aromatic nitrogens is 5. The van der Waals surface area contributed by atoms with Gasteiger partial charge in [0.05, 0.1) is 11.9 Å². The van der Waals surface area contributed by atoms with Gasteiger partial charge in [0.25, 0.3) is 0 Å². The van der Waals surface area contributed by atoms with Crippen LogP contribution in [-0.2, 0) is 4.79 Å². The smallest absolute Gasteiger partial charge is 0.225 e.